The standard InChI is InChI=1S/C23H16Cl3NO3/c1-30-23-15(11-17(25)13-19(23)26)7-10-21(28)27-20-9-8-16(24)12-18(20)22(29)14-5-3-2-4-6-14/h2-13H,1H3,(H,27,28). The molecule has 0 bridgehead atoms. The molecule has 0 atom stereocenters. The van der Waals surface area contributed by atoms with Crippen molar-refractivity contribution in [3.05, 3.63) is 98.5 Å². The van der Waals surface area contributed by atoms with Gasteiger partial charge in [-0.15, -0.1) is 0 Å². The van der Waals surface area contributed by atoms with Crippen LogP contribution in [0.25, 0.3) is 6.08 Å². The summed E-state index contributed by atoms with van der Waals surface area (Å²) in [6, 6.07) is 16.6. The maximum Gasteiger partial charge on any atom is 0.248 e. The Morgan fingerprint density at radius 2 is 1.67 bits per heavy atom. The molecule has 1 N–H and O–H groups in total. The maximum absolute atomic E-state index is 12.9. The summed E-state index contributed by atoms with van der Waals surface area (Å²) in [6.07, 6.45) is 2.83. The number of anilines is 1. The zero-order chi connectivity index (χ0) is 21.7. The molecule has 0 fully saturated rings. The summed E-state index contributed by atoms with van der Waals surface area (Å²) >= 11 is 18.2. The number of rotatable bonds is 6. The summed E-state index contributed by atoms with van der Waals surface area (Å²) in [5, 5.41) is 3.85. The van der Waals surface area contributed by atoms with Crippen LogP contribution in [-0.2, 0) is 4.79 Å². The van der Waals surface area contributed by atoms with Crippen molar-refractivity contribution in [2.75, 3.05) is 12.4 Å². The van der Waals surface area contributed by atoms with Gasteiger partial charge in [0.25, 0.3) is 0 Å². The molecule has 30 heavy (non-hydrogen) atoms. The number of nitrogens with one attached hydrogen (secondary N) is 1. The smallest absolute Gasteiger partial charge is 0.248 e. The van der Waals surface area contributed by atoms with Gasteiger partial charge in [-0.25, -0.2) is 0 Å². The number of carbonyl (C=O) groups excluding carboxylic acids is 2. The van der Waals surface area contributed by atoms with Crippen LogP contribution in [0, 0.1) is 0 Å². The molecule has 0 saturated heterocycles. The van der Waals surface area contributed by atoms with Gasteiger partial charge in [0, 0.05) is 32.8 Å². The van der Waals surface area contributed by atoms with Gasteiger partial charge in [-0.2, -0.15) is 0 Å². The number of benzene rings is 3. The third-order valence-corrected chi connectivity index (χ3v) is 4.91. The predicted molar refractivity (Wildman–Crippen MR) is 122 cm³/mol. The van der Waals surface area contributed by atoms with Crippen LogP contribution in [0.1, 0.15) is 21.5 Å². The van der Waals surface area contributed by atoms with E-state index < -0.39 is 5.91 Å². The van der Waals surface area contributed by atoms with Gasteiger partial charge in [-0.3, -0.25) is 9.59 Å². The van der Waals surface area contributed by atoms with Gasteiger partial charge in [0.15, 0.2) is 5.78 Å². The second-order valence-corrected chi connectivity index (χ2v) is 7.50. The molecule has 0 aliphatic heterocycles. The number of carbonyl (C=O) groups is 2. The van der Waals surface area contributed by atoms with Crippen LogP contribution in [0.3, 0.4) is 0 Å². The van der Waals surface area contributed by atoms with Crippen molar-refractivity contribution < 1.29 is 14.3 Å². The molecule has 1 amide bonds. The van der Waals surface area contributed by atoms with Crippen molar-refractivity contribution in [2.45, 2.75) is 0 Å². The van der Waals surface area contributed by atoms with Gasteiger partial charge in [0.05, 0.1) is 17.8 Å². The molecule has 0 aromatic heterocycles. The van der Waals surface area contributed by atoms with Crippen LogP contribution in [0.4, 0.5) is 5.69 Å². The highest BCUT2D eigenvalue weighted by molar-refractivity contribution is 6.36. The topological polar surface area (TPSA) is 55.4 Å². The van der Waals surface area contributed by atoms with Gasteiger partial charge < -0.3 is 10.1 Å². The first-order chi connectivity index (χ1) is 14.4. The molecule has 0 aliphatic carbocycles. The number of hydrogen-bond acceptors (Lipinski definition) is 3. The first-order valence-electron chi connectivity index (χ1n) is 8.80. The number of ether oxygens (including phenoxy) is 1. The van der Waals surface area contributed by atoms with E-state index in [1.807, 2.05) is 6.07 Å². The van der Waals surface area contributed by atoms with Gasteiger partial charge >= 0.3 is 0 Å². The molecule has 0 saturated carbocycles. The van der Waals surface area contributed by atoms with E-state index in [0.29, 0.717) is 43.2 Å². The van der Waals surface area contributed by atoms with Crippen LogP contribution in [0.2, 0.25) is 15.1 Å². The Kier molecular flexibility index (Phi) is 7.16. The fourth-order valence-electron chi connectivity index (χ4n) is 2.82. The second-order valence-electron chi connectivity index (χ2n) is 6.22. The number of methoxy groups -OCH3 is 1. The Morgan fingerprint density at radius 3 is 2.37 bits per heavy atom. The number of ketones is 1. The molecule has 152 valence electrons. The molecule has 0 aliphatic rings. The van der Waals surface area contributed by atoms with Crippen molar-refractivity contribution in [3.63, 3.8) is 0 Å². The van der Waals surface area contributed by atoms with Crippen molar-refractivity contribution in [3.8, 4) is 5.75 Å². The summed E-state index contributed by atoms with van der Waals surface area (Å²) in [7, 11) is 1.47. The molecular formula is C23H16Cl3NO3. The highest BCUT2D eigenvalue weighted by Gasteiger charge is 2.15. The molecule has 3 aromatic rings. The number of amides is 1. The average molecular weight is 461 g/mol. The van der Waals surface area contributed by atoms with Crippen LogP contribution >= 0.6 is 34.8 Å². The Labute approximate surface area is 189 Å². The van der Waals surface area contributed by atoms with Crippen LogP contribution in [-0.4, -0.2) is 18.8 Å². The Morgan fingerprint density at radius 1 is 0.933 bits per heavy atom. The van der Waals surface area contributed by atoms with E-state index in [2.05, 4.69) is 5.32 Å². The van der Waals surface area contributed by atoms with Crippen molar-refractivity contribution >= 4 is 58.3 Å². The average Bonchev–Trinajstić information content (AvgIpc) is 2.73. The maximum atomic E-state index is 12.9. The Balaban J connectivity index is 1.86. The molecule has 0 spiro atoms. The lowest BCUT2D eigenvalue weighted by atomic mass is 10.0. The minimum atomic E-state index is -0.447. The van der Waals surface area contributed by atoms with Gasteiger partial charge in [0.2, 0.25) is 5.91 Å². The first-order valence-corrected chi connectivity index (χ1v) is 9.94. The monoisotopic (exact) mass is 459 g/mol. The van der Waals surface area contributed by atoms with Gasteiger partial charge in [0.1, 0.15) is 5.75 Å². The number of halogens is 3. The lowest BCUT2D eigenvalue weighted by molar-refractivity contribution is -0.111. The number of hydrogen-bond donors (Lipinski definition) is 1. The van der Waals surface area contributed by atoms with E-state index in [0.717, 1.165) is 0 Å². The third kappa shape index (κ3) is 5.22. The molecule has 0 radical (unpaired) electrons. The molecule has 0 heterocycles. The minimum Gasteiger partial charge on any atom is -0.495 e. The first kappa shape index (κ1) is 21.9. The second kappa shape index (κ2) is 9.81. The Bertz CT molecular complexity index is 1130. The zero-order valence-electron chi connectivity index (χ0n) is 15.8. The molecule has 4 nitrogen and oxygen atoms in total. The largest absolute Gasteiger partial charge is 0.495 e. The zero-order valence-corrected chi connectivity index (χ0v) is 18.1. The quantitative estimate of drug-likeness (QED) is 0.336. The summed E-state index contributed by atoms with van der Waals surface area (Å²) in [4.78, 5) is 25.4. The van der Waals surface area contributed by atoms with Crippen LogP contribution < -0.4 is 10.1 Å². The molecule has 3 rings (SSSR count). The van der Waals surface area contributed by atoms with E-state index in [1.54, 1.807) is 48.5 Å². The fourth-order valence-corrected chi connectivity index (χ4v) is 3.58. The highest BCUT2D eigenvalue weighted by atomic mass is 35.5. The SMILES string of the molecule is COc1c(Cl)cc(Cl)cc1C=CC(=O)Nc1ccc(Cl)cc1C(=O)c1ccccc1. The summed E-state index contributed by atoms with van der Waals surface area (Å²) in [5.74, 6) is -0.296. The van der Waals surface area contributed by atoms with Crippen molar-refractivity contribution in [1.82, 2.24) is 0 Å². The summed E-state index contributed by atoms with van der Waals surface area (Å²) in [5.41, 5.74) is 1.67. The van der Waals surface area contributed by atoms with Gasteiger partial charge in [-0.1, -0.05) is 65.1 Å². The van der Waals surface area contributed by atoms with E-state index in [4.69, 9.17) is 39.5 Å². The molecule has 0 unspecified atom stereocenters. The van der Waals surface area contributed by atoms with Gasteiger partial charge in [-0.05, 0) is 36.4 Å². The van der Waals surface area contributed by atoms with Crippen molar-refractivity contribution in [1.29, 1.82) is 0 Å². The summed E-state index contributed by atoms with van der Waals surface area (Å²) < 4.78 is 5.26. The highest BCUT2D eigenvalue weighted by Crippen LogP contribution is 2.33. The molecule has 7 heteroatoms. The minimum absolute atomic E-state index is 0.249. The van der Waals surface area contributed by atoms with Crippen molar-refractivity contribution in [2.24, 2.45) is 0 Å². The lowest BCUT2D eigenvalue weighted by Gasteiger charge is -2.10. The van der Waals surface area contributed by atoms with Crippen LogP contribution in [0.5, 0.6) is 5.75 Å². The lowest BCUT2D eigenvalue weighted by Crippen LogP contribution is -2.12. The molecule has 3 aromatic carbocycles. The predicted octanol–water partition coefficient (Wildman–Crippen LogP) is 6.54. The fraction of sp³-hybridized carbons (Fsp3) is 0.0435. The molecular weight excluding hydrogens is 445 g/mol. The third-order valence-electron chi connectivity index (χ3n) is 4.18. The normalized spacial score (nSPS) is 10.8. The Hall–Kier alpha value is -2.79. The summed E-state index contributed by atoms with van der Waals surface area (Å²) in [6.45, 7) is 0. The van der Waals surface area contributed by atoms with Crippen LogP contribution in [0.15, 0.2) is 66.7 Å². The van der Waals surface area contributed by atoms with E-state index in [-0.39, 0.29) is 5.78 Å². The van der Waals surface area contributed by atoms with E-state index in [1.165, 1.54) is 25.3 Å². The van der Waals surface area contributed by atoms with E-state index in [9.17, 15) is 9.59 Å². The van der Waals surface area contributed by atoms with E-state index >= 15 is 0 Å².